The van der Waals surface area contributed by atoms with Gasteiger partial charge in [0, 0.05) is 12.4 Å². The number of carbonyl (C=O) groups excluding carboxylic acids is 2. The first kappa shape index (κ1) is 15.5. The molecule has 1 aromatic rings. The molecule has 1 fully saturated rings. The van der Waals surface area contributed by atoms with Gasteiger partial charge in [-0.1, -0.05) is 13.8 Å². The van der Waals surface area contributed by atoms with Gasteiger partial charge < -0.3 is 10.2 Å². The van der Waals surface area contributed by atoms with E-state index in [1.165, 1.54) is 0 Å². The second-order valence-corrected chi connectivity index (χ2v) is 6.47. The highest BCUT2D eigenvalue weighted by Gasteiger charge is 2.48. The summed E-state index contributed by atoms with van der Waals surface area (Å²) in [5.41, 5.74) is 0.110. The molecule has 0 aromatic carbocycles. The van der Waals surface area contributed by atoms with Crippen LogP contribution < -0.4 is 5.32 Å². The highest BCUT2D eigenvalue weighted by molar-refractivity contribution is 5.99. The molecule has 1 saturated heterocycles. The number of amides is 2. The molecule has 2 rings (SSSR count). The molecule has 2 unspecified atom stereocenters. The molecule has 5 heteroatoms. The minimum absolute atomic E-state index is 0.0503. The van der Waals surface area contributed by atoms with Gasteiger partial charge >= 0.3 is 0 Å². The van der Waals surface area contributed by atoms with Crippen LogP contribution in [-0.2, 0) is 9.59 Å². The lowest BCUT2D eigenvalue weighted by Crippen LogP contribution is -2.69. The molecule has 1 aliphatic heterocycles. The van der Waals surface area contributed by atoms with Crippen LogP contribution in [0.4, 0.5) is 0 Å². The van der Waals surface area contributed by atoms with Crippen LogP contribution in [-0.4, -0.2) is 33.3 Å². The summed E-state index contributed by atoms with van der Waals surface area (Å²) < 4.78 is 0. The van der Waals surface area contributed by atoms with Crippen molar-refractivity contribution < 1.29 is 9.59 Å². The van der Waals surface area contributed by atoms with Gasteiger partial charge in [0.2, 0.25) is 11.8 Å². The van der Waals surface area contributed by atoms with Crippen molar-refractivity contribution in [3.8, 4) is 0 Å². The van der Waals surface area contributed by atoms with E-state index in [2.05, 4.69) is 10.3 Å². The van der Waals surface area contributed by atoms with Crippen molar-refractivity contribution in [2.75, 3.05) is 0 Å². The quantitative estimate of drug-likeness (QED) is 0.924. The number of piperazine rings is 1. The van der Waals surface area contributed by atoms with E-state index in [4.69, 9.17) is 0 Å². The highest BCUT2D eigenvalue weighted by atomic mass is 16.2. The van der Waals surface area contributed by atoms with Gasteiger partial charge in [0.15, 0.2) is 0 Å². The first-order valence-corrected chi connectivity index (χ1v) is 7.30. The fraction of sp³-hybridized carbons (Fsp3) is 0.562. The maximum absolute atomic E-state index is 12.8. The van der Waals surface area contributed by atoms with Gasteiger partial charge in [0.05, 0.1) is 6.04 Å². The fourth-order valence-corrected chi connectivity index (χ4v) is 2.85. The summed E-state index contributed by atoms with van der Waals surface area (Å²) in [6.07, 6.45) is 3.41. The molecule has 2 atom stereocenters. The van der Waals surface area contributed by atoms with Gasteiger partial charge in [-0.3, -0.25) is 14.6 Å². The Balaban J connectivity index is 2.44. The van der Waals surface area contributed by atoms with Gasteiger partial charge in [-0.25, -0.2) is 0 Å². The minimum atomic E-state index is -0.871. The van der Waals surface area contributed by atoms with E-state index in [9.17, 15) is 9.59 Å². The van der Waals surface area contributed by atoms with Crippen LogP contribution in [0.5, 0.6) is 0 Å². The Kier molecular flexibility index (Phi) is 4.03. The third kappa shape index (κ3) is 2.77. The number of aromatic nitrogens is 1. The monoisotopic (exact) mass is 289 g/mol. The molecule has 2 heterocycles. The van der Waals surface area contributed by atoms with Crippen LogP contribution in [0.15, 0.2) is 24.5 Å². The number of nitrogens with one attached hydrogen (secondary N) is 1. The third-order valence-electron chi connectivity index (χ3n) is 4.01. The SMILES string of the molecule is CC(C)C1C(=O)NC(C)(C)C(=O)N1C(C)c1ccncc1. The number of nitrogens with zero attached hydrogens (tertiary/aromatic N) is 2. The third-order valence-corrected chi connectivity index (χ3v) is 4.01. The van der Waals surface area contributed by atoms with Gasteiger partial charge in [-0.2, -0.15) is 0 Å². The predicted octanol–water partition coefficient (Wildman–Crippen LogP) is 1.90. The molecule has 21 heavy (non-hydrogen) atoms. The molecule has 0 saturated carbocycles. The van der Waals surface area contributed by atoms with E-state index in [1.807, 2.05) is 32.9 Å². The van der Waals surface area contributed by atoms with Crippen molar-refractivity contribution in [3.05, 3.63) is 30.1 Å². The van der Waals surface area contributed by atoms with Crippen molar-refractivity contribution in [1.82, 2.24) is 15.2 Å². The molecule has 1 N–H and O–H groups in total. The van der Waals surface area contributed by atoms with Crippen LogP contribution in [0.3, 0.4) is 0 Å². The highest BCUT2D eigenvalue weighted by Crippen LogP contribution is 2.31. The Hall–Kier alpha value is -1.91. The van der Waals surface area contributed by atoms with Crippen LogP contribution in [0.25, 0.3) is 0 Å². The number of rotatable bonds is 3. The molecule has 0 aliphatic carbocycles. The van der Waals surface area contributed by atoms with Crippen molar-refractivity contribution >= 4 is 11.8 Å². The summed E-state index contributed by atoms with van der Waals surface area (Å²) in [6.45, 7) is 9.37. The van der Waals surface area contributed by atoms with E-state index in [-0.39, 0.29) is 23.8 Å². The Morgan fingerprint density at radius 2 is 1.76 bits per heavy atom. The smallest absolute Gasteiger partial charge is 0.248 e. The Labute approximate surface area is 125 Å². The first-order valence-electron chi connectivity index (χ1n) is 7.30. The largest absolute Gasteiger partial charge is 0.340 e. The molecule has 0 bridgehead atoms. The number of carbonyl (C=O) groups is 2. The van der Waals surface area contributed by atoms with Gasteiger partial charge in [0.1, 0.15) is 11.6 Å². The standard InChI is InChI=1S/C16H23N3O2/c1-10(2)13-14(20)18-16(4,5)15(21)19(13)11(3)12-6-8-17-9-7-12/h6-11,13H,1-5H3,(H,18,20). The molecular formula is C16H23N3O2. The molecule has 1 aliphatic rings. The Morgan fingerprint density at radius 3 is 2.29 bits per heavy atom. The molecule has 1 aromatic heterocycles. The lowest BCUT2D eigenvalue weighted by atomic mass is 9.89. The topological polar surface area (TPSA) is 62.3 Å². The summed E-state index contributed by atoms with van der Waals surface area (Å²) in [7, 11) is 0. The number of hydrogen-bond donors (Lipinski definition) is 1. The maximum atomic E-state index is 12.8. The predicted molar refractivity (Wildman–Crippen MR) is 80.3 cm³/mol. The lowest BCUT2D eigenvalue weighted by Gasteiger charge is -2.47. The number of pyridine rings is 1. The van der Waals surface area contributed by atoms with Crippen molar-refractivity contribution in [2.24, 2.45) is 5.92 Å². The van der Waals surface area contributed by atoms with Crippen molar-refractivity contribution in [2.45, 2.75) is 52.2 Å². The second kappa shape index (κ2) is 5.47. The molecule has 0 spiro atoms. The molecular weight excluding hydrogens is 266 g/mol. The van der Waals surface area contributed by atoms with Gasteiger partial charge in [-0.15, -0.1) is 0 Å². The van der Waals surface area contributed by atoms with E-state index in [1.54, 1.807) is 31.1 Å². The van der Waals surface area contributed by atoms with E-state index >= 15 is 0 Å². The normalized spacial score (nSPS) is 23.1. The zero-order chi connectivity index (χ0) is 15.8. The van der Waals surface area contributed by atoms with Crippen LogP contribution >= 0.6 is 0 Å². The minimum Gasteiger partial charge on any atom is -0.340 e. The fourth-order valence-electron chi connectivity index (χ4n) is 2.85. The van der Waals surface area contributed by atoms with E-state index in [0.717, 1.165) is 5.56 Å². The van der Waals surface area contributed by atoms with Gasteiger partial charge in [0.25, 0.3) is 0 Å². The van der Waals surface area contributed by atoms with E-state index in [0.29, 0.717) is 0 Å². The van der Waals surface area contributed by atoms with Gasteiger partial charge in [-0.05, 0) is 44.4 Å². The van der Waals surface area contributed by atoms with Crippen molar-refractivity contribution in [1.29, 1.82) is 0 Å². The molecule has 2 amide bonds. The summed E-state index contributed by atoms with van der Waals surface area (Å²) >= 11 is 0. The zero-order valence-electron chi connectivity index (χ0n) is 13.3. The van der Waals surface area contributed by atoms with E-state index < -0.39 is 11.6 Å². The summed E-state index contributed by atoms with van der Waals surface area (Å²) in [5.74, 6) is -0.0880. The van der Waals surface area contributed by atoms with Crippen molar-refractivity contribution in [3.63, 3.8) is 0 Å². The lowest BCUT2D eigenvalue weighted by molar-refractivity contribution is -0.158. The Morgan fingerprint density at radius 1 is 1.19 bits per heavy atom. The summed E-state index contributed by atoms with van der Waals surface area (Å²) in [5, 5.41) is 2.83. The van der Waals surface area contributed by atoms with Crippen LogP contribution in [0.2, 0.25) is 0 Å². The van der Waals surface area contributed by atoms with Crippen LogP contribution in [0, 0.1) is 5.92 Å². The van der Waals surface area contributed by atoms with Crippen LogP contribution in [0.1, 0.15) is 46.2 Å². The molecule has 114 valence electrons. The maximum Gasteiger partial charge on any atom is 0.248 e. The second-order valence-electron chi connectivity index (χ2n) is 6.47. The summed E-state index contributed by atoms with van der Waals surface area (Å²) in [4.78, 5) is 31.0. The first-order chi connectivity index (χ1) is 9.75. The summed E-state index contributed by atoms with van der Waals surface area (Å²) in [6, 6.07) is 3.15. The average Bonchev–Trinajstić information content (AvgIpc) is 2.41. The molecule has 0 radical (unpaired) electrons. The Bertz CT molecular complexity index is 540. The average molecular weight is 289 g/mol. The number of hydrogen-bond acceptors (Lipinski definition) is 3. The molecule has 5 nitrogen and oxygen atoms in total. The zero-order valence-corrected chi connectivity index (χ0v) is 13.3.